The predicted molar refractivity (Wildman–Crippen MR) is 87.7 cm³/mol. The van der Waals surface area contributed by atoms with Crippen molar-refractivity contribution in [2.75, 3.05) is 6.54 Å². The van der Waals surface area contributed by atoms with E-state index in [0.29, 0.717) is 23.4 Å². The first-order valence-corrected chi connectivity index (χ1v) is 9.11. The van der Waals surface area contributed by atoms with E-state index in [1.54, 1.807) is 12.1 Å². The van der Waals surface area contributed by atoms with E-state index in [0.717, 1.165) is 24.9 Å². The number of benzene rings is 1. The molecule has 0 spiro atoms. The molecule has 120 valence electrons. The van der Waals surface area contributed by atoms with Crippen LogP contribution in [0.2, 0.25) is 0 Å². The van der Waals surface area contributed by atoms with Crippen molar-refractivity contribution in [1.29, 1.82) is 0 Å². The van der Waals surface area contributed by atoms with Crippen LogP contribution in [0.1, 0.15) is 46.1 Å². The third-order valence-electron chi connectivity index (χ3n) is 3.20. The zero-order valence-electron chi connectivity index (χ0n) is 13.5. The fourth-order valence-corrected chi connectivity index (χ4v) is 2.98. The van der Waals surface area contributed by atoms with E-state index in [1.165, 1.54) is 0 Å². The summed E-state index contributed by atoms with van der Waals surface area (Å²) < 4.78 is 26.9. The van der Waals surface area contributed by atoms with Crippen molar-refractivity contribution in [3.8, 4) is 0 Å². The number of nitrogens with one attached hydrogen (secondary N) is 2. The van der Waals surface area contributed by atoms with Crippen LogP contribution in [-0.4, -0.2) is 21.0 Å². The summed E-state index contributed by atoms with van der Waals surface area (Å²) in [5, 5.41) is 3.31. The van der Waals surface area contributed by atoms with Crippen molar-refractivity contribution < 1.29 is 8.42 Å². The molecular formula is C16H28N2O2S. The van der Waals surface area contributed by atoms with E-state index in [1.807, 2.05) is 12.1 Å². The Morgan fingerprint density at radius 3 is 2.19 bits per heavy atom. The third-order valence-corrected chi connectivity index (χ3v) is 4.68. The molecule has 0 heterocycles. The van der Waals surface area contributed by atoms with Crippen LogP contribution in [0.15, 0.2) is 29.2 Å². The lowest BCUT2D eigenvalue weighted by Gasteiger charge is -2.10. The highest BCUT2D eigenvalue weighted by Crippen LogP contribution is 2.11. The molecule has 0 aliphatic heterocycles. The minimum absolute atomic E-state index is 0.334. The Balaban J connectivity index is 2.54. The van der Waals surface area contributed by atoms with Gasteiger partial charge in [0.15, 0.2) is 0 Å². The first kappa shape index (κ1) is 18.1. The molecule has 0 atom stereocenters. The van der Waals surface area contributed by atoms with Crippen LogP contribution in [-0.2, 0) is 16.6 Å². The lowest BCUT2D eigenvalue weighted by atomic mass is 10.1. The lowest BCUT2D eigenvalue weighted by molar-refractivity contribution is 0.540. The molecule has 0 radical (unpaired) electrons. The van der Waals surface area contributed by atoms with Gasteiger partial charge in [-0.1, -0.05) is 39.8 Å². The van der Waals surface area contributed by atoms with E-state index in [-0.39, 0.29) is 0 Å². The molecule has 0 saturated heterocycles. The maximum atomic E-state index is 12.1. The van der Waals surface area contributed by atoms with Crippen molar-refractivity contribution in [3.63, 3.8) is 0 Å². The SMILES string of the molecule is CC(C)CCCNS(=O)(=O)c1ccc(CNC(C)C)cc1. The molecule has 1 aromatic carbocycles. The second-order valence-electron chi connectivity index (χ2n) is 6.11. The molecule has 21 heavy (non-hydrogen) atoms. The van der Waals surface area contributed by atoms with Crippen LogP contribution in [0.25, 0.3) is 0 Å². The van der Waals surface area contributed by atoms with Crippen LogP contribution in [0, 0.1) is 5.92 Å². The molecule has 0 saturated carbocycles. The molecule has 1 rings (SSSR count). The first-order valence-electron chi connectivity index (χ1n) is 7.63. The maximum Gasteiger partial charge on any atom is 0.240 e. The molecular weight excluding hydrogens is 284 g/mol. The molecule has 5 heteroatoms. The van der Waals surface area contributed by atoms with Gasteiger partial charge < -0.3 is 5.32 Å². The van der Waals surface area contributed by atoms with Crippen molar-refractivity contribution in [2.45, 2.75) is 58.0 Å². The molecule has 0 amide bonds. The Bertz CT molecular complexity index is 508. The van der Waals surface area contributed by atoms with Crippen LogP contribution in [0.4, 0.5) is 0 Å². The van der Waals surface area contributed by atoms with Crippen LogP contribution < -0.4 is 10.0 Å². The summed E-state index contributed by atoms with van der Waals surface area (Å²) in [5.41, 5.74) is 1.09. The number of hydrogen-bond acceptors (Lipinski definition) is 3. The summed E-state index contributed by atoms with van der Waals surface area (Å²) in [6, 6.07) is 7.47. The van der Waals surface area contributed by atoms with Gasteiger partial charge in [-0.05, 0) is 36.5 Å². The summed E-state index contributed by atoms with van der Waals surface area (Å²) in [4.78, 5) is 0.334. The normalized spacial score (nSPS) is 12.3. The quantitative estimate of drug-likeness (QED) is 0.689. The zero-order chi connectivity index (χ0) is 15.9. The van der Waals surface area contributed by atoms with Crippen LogP contribution in [0.5, 0.6) is 0 Å². The highest BCUT2D eigenvalue weighted by Gasteiger charge is 2.13. The maximum absolute atomic E-state index is 12.1. The topological polar surface area (TPSA) is 58.2 Å². The van der Waals surface area contributed by atoms with Gasteiger partial charge in [0, 0.05) is 19.1 Å². The minimum Gasteiger partial charge on any atom is -0.310 e. The molecule has 0 aromatic heterocycles. The third kappa shape index (κ3) is 7.07. The molecule has 0 unspecified atom stereocenters. The van der Waals surface area contributed by atoms with Crippen molar-refractivity contribution >= 4 is 10.0 Å². The highest BCUT2D eigenvalue weighted by molar-refractivity contribution is 7.89. The monoisotopic (exact) mass is 312 g/mol. The second kappa shape index (κ2) is 8.51. The van der Waals surface area contributed by atoms with E-state index >= 15 is 0 Å². The van der Waals surface area contributed by atoms with Crippen molar-refractivity contribution in [3.05, 3.63) is 29.8 Å². The van der Waals surface area contributed by atoms with Crippen molar-refractivity contribution in [1.82, 2.24) is 10.0 Å². The molecule has 0 aliphatic carbocycles. The summed E-state index contributed by atoms with van der Waals surface area (Å²) in [6.45, 7) is 9.69. The average Bonchev–Trinajstić information content (AvgIpc) is 2.41. The molecule has 0 aliphatic rings. The standard InChI is InChI=1S/C16H28N2O2S/c1-13(2)6-5-11-18-21(19,20)16-9-7-15(8-10-16)12-17-14(3)4/h7-10,13-14,17-18H,5-6,11-12H2,1-4H3. The first-order chi connectivity index (χ1) is 9.81. The lowest BCUT2D eigenvalue weighted by Crippen LogP contribution is -2.25. The molecule has 2 N–H and O–H groups in total. The van der Waals surface area contributed by atoms with Gasteiger partial charge in [0.2, 0.25) is 10.0 Å². The van der Waals surface area contributed by atoms with Gasteiger partial charge in [-0.25, -0.2) is 13.1 Å². The van der Waals surface area contributed by atoms with Gasteiger partial charge in [-0.3, -0.25) is 0 Å². The largest absolute Gasteiger partial charge is 0.310 e. The minimum atomic E-state index is -3.38. The fourth-order valence-electron chi connectivity index (χ4n) is 1.91. The second-order valence-corrected chi connectivity index (χ2v) is 7.88. The van der Waals surface area contributed by atoms with E-state index in [4.69, 9.17) is 0 Å². The van der Waals surface area contributed by atoms with Gasteiger partial charge in [0.25, 0.3) is 0 Å². The van der Waals surface area contributed by atoms with E-state index in [2.05, 4.69) is 37.7 Å². The molecule has 0 fully saturated rings. The molecule has 1 aromatic rings. The van der Waals surface area contributed by atoms with Crippen LogP contribution in [0.3, 0.4) is 0 Å². The number of sulfonamides is 1. The zero-order valence-corrected chi connectivity index (χ0v) is 14.3. The van der Waals surface area contributed by atoms with Gasteiger partial charge >= 0.3 is 0 Å². The molecule has 4 nitrogen and oxygen atoms in total. The summed E-state index contributed by atoms with van der Waals surface area (Å²) in [7, 11) is -3.38. The van der Waals surface area contributed by atoms with Crippen LogP contribution >= 0.6 is 0 Å². The summed E-state index contributed by atoms with van der Waals surface area (Å²) in [5.74, 6) is 0.599. The van der Waals surface area contributed by atoms with E-state index in [9.17, 15) is 8.42 Å². The predicted octanol–water partition coefficient (Wildman–Crippen LogP) is 2.90. The smallest absolute Gasteiger partial charge is 0.240 e. The number of hydrogen-bond donors (Lipinski definition) is 2. The Hall–Kier alpha value is -0.910. The van der Waals surface area contributed by atoms with Gasteiger partial charge in [-0.15, -0.1) is 0 Å². The van der Waals surface area contributed by atoms with Gasteiger partial charge in [-0.2, -0.15) is 0 Å². The van der Waals surface area contributed by atoms with E-state index < -0.39 is 10.0 Å². The fraction of sp³-hybridized carbons (Fsp3) is 0.625. The summed E-state index contributed by atoms with van der Waals surface area (Å²) in [6.07, 6.45) is 1.90. The Labute approximate surface area is 129 Å². The average molecular weight is 312 g/mol. The Kier molecular flexibility index (Phi) is 7.35. The highest BCUT2D eigenvalue weighted by atomic mass is 32.2. The number of rotatable bonds is 9. The van der Waals surface area contributed by atoms with Gasteiger partial charge in [0.1, 0.15) is 0 Å². The van der Waals surface area contributed by atoms with Crippen molar-refractivity contribution in [2.24, 2.45) is 5.92 Å². The summed E-state index contributed by atoms with van der Waals surface area (Å²) >= 11 is 0. The Morgan fingerprint density at radius 2 is 1.67 bits per heavy atom. The Morgan fingerprint density at radius 1 is 1.05 bits per heavy atom. The van der Waals surface area contributed by atoms with Gasteiger partial charge in [0.05, 0.1) is 4.90 Å². The molecule has 0 bridgehead atoms.